The van der Waals surface area contributed by atoms with Crippen molar-refractivity contribution in [3.8, 4) is 16.9 Å². The van der Waals surface area contributed by atoms with E-state index in [2.05, 4.69) is 47.1 Å². The Labute approximate surface area is 238 Å². The highest BCUT2D eigenvalue weighted by Gasteiger charge is 2.32. The van der Waals surface area contributed by atoms with Crippen molar-refractivity contribution in [2.24, 2.45) is 0 Å². The summed E-state index contributed by atoms with van der Waals surface area (Å²) >= 11 is 8.19. The molecule has 0 aliphatic carbocycles. The molecule has 4 aromatic rings. The zero-order valence-corrected chi connectivity index (χ0v) is 23.1. The monoisotopic (exact) mass is 574 g/mol. The van der Waals surface area contributed by atoms with Crippen LogP contribution in [0.3, 0.4) is 0 Å². The average Bonchev–Trinajstić information content (AvgIpc) is 3.51. The van der Waals surface area contributed by atoms with Crippen LogP contribution in [0.5, 0.6) is 5.75 Å². The maximum atomic E-state index is 13.1. The number of thioether (sulfide) groups is 1. The minimum atomic E-state index is -1.10. The highest BCUT2D eigenvalue weighted by Crippen LogP contribution is 2.35. The molecule has 2 amide bonds. The number of hydrogen-bond acceptors (Lipinski definition) is 7. The van der Waals surface area contributed by atoms with Gasteiger partial charge < -0.3 is 15.2 Å². The highest BCUT2D eigenvalue weighted by atomic mass is 32.2. The van der Waals surface area contributed by atoms with Gasteiger partial charge in [-0.25, -0.2) is 4.79 Å². The summed E-state index contributed by atoms with van der Waals surface area (Å²) in [7, 11) is 1.39. The number of carboxylic acid groups (broad SMARTS) is 1. The minimum absolute atomic E-state index is 0.00860. The molecule has 0 bridgehead atoms. The van der Waals surface area contributed by atoms with Crippen LogP contribution in [0.4, 0.5) is 5.69 Å². The molecule has 1 aromatic heterocycles. The molecule has 1 aliphatic rings. The Morgan fingerprint density at radius 3 is 2.62 bits per heavy atom. The van der Waals surface area contributed by atoms with Crippen LogP contribution in [0.15, 0.2) is 77.0 Å². The quantitative estimate of drug-likeness (QED) is 0.183. The number of thiophene rings is 1. The molecule has 39 heavy (non-hydrogen) atoms. The summed E-state index contributed by atoms with van der Waals surface area (Å²) in [6.45, 7) is 0.121. The molecule has 0 unspecified atom stereocenters. The van der Waals surface area contributed by atoms with Gasteiger partial charge in [0, 0.05) is 17.8 Å². The number of carbonyl (C=O) groups is 3. The van der Waals surface area contributed by atoms with Crippen LogP contribution in [0, 0.1) is 0 Å². The van der Waals surface area contributed by atoms with E-state index in [0.717, 1.165) is 16.0 Å². The van der Waals surface area contributed by atoms with Gasteiger partial charge in [-0.15, -0.1) is 11.3 Å². The number of nitrogens with zero attached hydrogens (tertiary/aromatic N) is 1. The van der Waals surface area contributed by atoms with Crippen LogP contribution in [0.1, 0.15) is 21.7 Å². The lowest BCUT2D eigenvalue weighted by Crippen LogP contribution is -2.31. The van der Waals surface area contributed by atoms with Gasteiger partial charge in [0.1, 0.15) is 10.1 Å². The molecule has 0 spiro atoms. The van der Waals surface area contributed by atoms with Gasteiger partial charge in [0.05, 0.1) is 23.3 Å². The van der Waals surface area contributed by atoms with Crippen molar-refractivity contribution in [3.05, 3.63) is 87.5 Å². The lowest BCUT2D eigenvalue weighted by Gasteiger charge is -2.15. The molecule has 1 fully saturated rings. The average molecular weight is 575 g/mol. The van der Waals surface area contributed by atoms with Crippen molar-refractivity contribution in [1.29, 1.82) is 0 Å². The molecule has 196 valence electrons. The highest BCUT2D eigenvalue weighted by molar-refractivity contribution is 8.26. The number of aromatic carboxylic acids is 1. The normalized spacial score (nSPS) is 14.3. The number of ether oxygens (including phenoxy) is 1. The molecule has 2 heterocycles. The van der Waals surface area contributed by atoms with Gasteiger partial charge in [0.2, 0.25) is 5.91 Å². The number of methoxy groups -OCH3 is 1. The Balaban J connectivity index is 1.23. The molecule has 2 N–H and O–H groups in total. The number of carboxylic acids is 1. The molecule has 1 aliphatic heterocycles. The van der Waals surface area contributed by atoms with Gasteiger partial charge in [-0.2, -0.15) is 0 Å². The number of thiocarbonyl (C=S) groups is 1. The number of rotatable bonds is 8. The fourth-order valence-electron chi connectivity index (χ4n) is 4.12. The number of benzene rings is 3. The lowest BCUT2D eigenvalue weighted by molar-refractivity contribution is -0.122. The number of hydrogen-bond donors (Lipinski definition) is 2. The topological polar surface area (TPSA) is 95.9 Å². The minimum Gasteiger partial charge on any atom is -0.495 e. The number of nitrogens with one attached hydrogen (secondary N) is 1. The molecule has 3 aromatic carbocycles. The molecule has 1 saturated heterocycles. The van der Waals surface area contributed by atoms with Gasteiger partial charge in [-0.3, -0.25) is 14.5 Å². The predicted molar refractivity (Wildman–Crippen MR) is 160 cm³/mol. The first-order valence-corrected chi connectivity index (χ1v) is 14.0. The van der Waals surface area contributed by atoms with Crippen molar-refractivity contribution in [2.75, 3.05) is 19.0 Å². The van der Waals surface area contributed by atoms with Crippen LogP contribution in [0.2, 0.25) is 0 Å². The van der Waals surface area contributed by atoms with Gasteiger partial charge in [-0.1, -0.05) is 60.4 Å². The van der Waals surface area contributed by atoms with Crippen molar-refractivity contribution >= 4 is 80.0 Å². The van der Waals surface area contributed by atoms with E-state index in [1.165, 1.54) is 52.7 Å². The Hall–Kier alpha value is -3.99. The third kappa shape index (κ3) is 5.88. The SMILES string of the molecule is COc1cc(C(=O)O)ccc1NC(=O)CCN1C(=O)/C(=C/c2cc(-c3ccc4ccccc4c3)cs2)SC1=S. The van der Waals surface area contributed by atoms with Crippen LogP contribution in [-0.4, -0.2) is 45.8 Å². The smallest absolute Gasteiger partial charge is 0.335 e. The van der Waals surface area contributed by atoms with Crippen molar-refractivity contribution in [1.82, 2.24) is 4.90 Å². The zero-order chi connectivity index (χ0) is 27.5. The summed E-state index contributed by atoms with van der Waals surface area (Å²) in [5, 5.41) is 16.3. The van der Waals surface area contributed by atoms with E-state index >= 15 is 0 Å². The van der Waals surface area contributed by atoms with E-state index < -0.39 is 5.97 Å². The van der Waals surface area contributed by atoms with Crippen LogP contribution in [-0.2, 0) is 9.59 Å². The lowest BCUT2D eigenvalue weighted by atomic mass is 10.0. The number of amides is 2. The number of fused-ring (bicyclic) bond motifs is 1. The van der Waals surface area contributed by atoms with Gasteiger partial charge in [-0.05, 0) is 63.7 Å². The van der Waals surface area contributed by atoms with Crippen molar-refractivity contribution in [2.45, 2.75) is 6.42 Å². The summed E-state index contributed by atoms with van der Waals surface area (Å²) in [6.07, 6.45) is 1.85. The first-order chi connectivity index (χ1) is 18.8. The third-order valence-corrected chi connectivity index (χ3v) is 8.39. The predicted octanol–water partition coefficient (Wildman–Crippen LogP) is 6.51. The van der Waals surface area contributed by atoms with Crippen LogP contribution < -0.4 is 10.1 Å². The molecule has 5 rings (SSSR count). The van der Waals surface area contributed by atoms with E-state index in [4.69, 9.17) is 22.1 Å². The Kier molecular flexibility index (Phi) is 7.78. The summed E-state index contributed by atoms with van der Waals surface area (Å²) < 4.78 is 5.59. The van der Waals surface area contributed by atoms with Crippen molar-refractivity contribution < 1.29 is 24.2 Å². The number of carbonyl (C=O) groups excluding carboxylic acids is 2. The second-order valence-electron chi connectivity index (χ2n) is 8.65. The van der Waals surface area contributed by atoms with E-state index in [0.29, 0.717) is 14.9 Å². The van der Waals surface area contributed by atoms with E-state index in [-0.39, 0.29) is 36.1 Å². The first kappa shape index (κ1) is 26.6. The zero-order valence-electron chi connectivity index (χ0n) is 20.7. The second-order valence-corrected chi connectivity index (χ2v) is 11.3. The molecular formula is C29H22N2O5S3. The fraction of sp³-hybridized carbons (Fsp3) is 0.103. The largest absolute Gasteiger partial charge is 0.495 e. The van der Waals surface area contributed by atoms with E-state index in [9.17, 15) is 14.4 Å². The molecule has 0 radical (unpaired) electrons. The summed E-state index contributed by atoms with van der Waals surface area (Å²) in [4.78, 5) is 39.7. The van der Waals surface area contributed by atoms with E-state index in [1.807, 2.05) is 18.2 Å². The Morgan fingerprint density at radius 1 is 1.05 bits per heavy atom. The molecule has 10 heteroatoms. The summed E-state index contributed by atoms with van der Waals surface area (Å²) in [5.74, 6) is -1.45. The Morgan fingerprint density at radius 2 is 1.85 bits per heavy atom. The maximum Gasteiger partial charge on any atom is 0.335 e. The van der Waals surface area contributed by atoms with Crippen LogP contribution in [0.25, 0.3) is 28.0 Å². The first-order valence-electron chi connectivity index (χ1n) is 11.9. The van der Waals surface area contributed by atoms with E-state index in [1.54, 1.807) is 11.3 Å². The molecule has 0 saturated carbocycles. The van der Waals surface area contributed by atoms with Crippen molar-refractivity contribution in [3.63, 3.8) is 0 Å². The summed E-state index contributed by atoms with van der Waals surface area (Å²) in [5.41, 5.74) is 2.58. The standard InChI is InChI=1S/C29H22N2O5S3/c1-36-24-14-20(28(34)35)8-9-23(24)30-26(32)10-11-31-27(33)25(39-29(31)37)15-22-13-21(16-38-22)19-7-6-17-4-2-3-5-18(17)12-19/h2-9,12-16H,10-11H2,1H3,(H,30,32)(H,34,35)/b25-15-. The number of anilines is 1. The molecule has 0 atom stereocenters. The van der Waals surface area contributed by atoms with Gasteiger partial charge >= 0.3 is 5.97 Å². The molecule has 7 nitrogen and oxygen atoms in total. The molecular weight excluding hydrogens is 553 g/mol. The fourth-order valence-corrected chi connectivity index (χ4v) is 6.35. The van der Waals surface area contributed by atoms with Gasteiger partial charge in [0.15, 0.2) is 0 Å². The Bertz CT molecular complexity index is 1660. The maximum absolute atomic E-state index is 13.1. The third-order valence-electron chi connectivity index (χ3n) is 6.13. The van der Waals surface area contributed by atoms with Crippen LogP contribution >= 0.6 is 35.3 Å². The summed E-state index contributed by atoms with van der Waals surface area (Å²) in [6, 6.07) is 20.8. The van der Waals surface area contributed by atoms with Gasteiger partial charge in [0.25, 0.3) is 5.91 Å². The second kappa shape index (κ2) is 11.4.